The van der Waals surface area contributed by atoms with Gasteiger partial charge in [-0.25, -0.2) is 13.1 Å². The van der Waals surface area contributed by atoms with Crippen LogP contribution < -0.4 is 10.0 Å². The van der Waals surface area contributed by atoms with Crippen molar-refractivity contribution >= 4 is 21.5 Å². The molecule has 1 aromatic heterocycles. The van der Waals surface area contributed by atoms with Crippen LogP contribution in [0.1, 0.15) is 19.8 Å². The minimum absolute atomic E-state index is 0.137. The summed E-state index contributed by atoms with van der Waals surface area (Å²) in [5, 5.41) is 7.28. The zero-order valence-electron chi connectivity index (χ0n) is 9.23. The molecule has 0 spiro atoms. The lowest BCUT2D eigenvalue weighted by atomic mass is 10.3. The van der Waals surface area contributed by atoms with Crippen molar-refractivity contribution in [1.82, 2.24) is 9.78 Å². The van der Waals surface area contributed by atoms with Crippen LogP contribution in [0.3, 0.4) is 0 Å². The highest BCUT2D eigenvalue weighted by Crippen LogP contribution is 2.25. The molecule has 0 radical (unpaired) electrons. The van der Waals surface area contributed by atoms with Crippen LogP contribution in [-0.4, -0.2) is 30.5 Å². The summed E-state index contributed by atoms with van der Waals surface area (Å²) in [6, 6.07) is 0. The fourth-order valence-electron chi connectivity index (χ4n) is 1.74. The Kier molecular flexibility index (Phi) is 3.04. The number of nitrogens with one attached hydrogen (secondary N) is 2. The van der Waals surface area contributed by atoms with E-state index in [0.29, 0.717) is 12.1 Å². The number of nitrogens with zero attached hydrogens (tertiary/aromatic N) is 2. The molecule has 1 aromatic rings. The molecule has 1 aliphatic rings. The second-order valence-corrected chi connectivity index (χ2v) is 5.67. The van der Waals surface area contributed by atoms with Crippen LogP contribution in [0, 0.1) is 0 Å². The molecule has 0 bridgehead atoms. The molecule has 0 aromatic carbocycles. The second-order valence-electron chi connectivity index (χ2n) is 3.83. The molecule has 0 amide bonds. The fourth-order valence-corrected chi connectivity index (χ4v) is 2.86. The first-order chi connectivity index (χ1) is 7.62. The van der Waals surface area contributed by atoms with Crippen LogP contribution in [0.5, 0.6) is 0 Å². The average Bonchev–Trinajstić information content (AvgIpc) is 2.61. The number of fused-ring (bicyclic) bond motifs is 1. The van der Waals surface area contributed by atoms with Crippen LogP contribution in [0.2, 0.25) is 0 Å². The number of hydrogen-bond acceptors (Lipinski definition) is 4. The van der Waals surface area contributed by atoms with Crippen molar-refractivity contribution in [2.45, 2.75) is 26.3 Å². The highest BCUT2D eigenvalue weighted by Gasteiger charge is 2.18. The molecular formula is C9H16N4O2S. The zero-order valence-corrected chi connectivity index (χ0v) is 10.0. The number of sulfonamides is 1. The summed E-state index contributed by atoms with van der Waals surface area (Å²) in [6.07, 6.45) is 3.17. The van der Waals surface area contributed by atoms with E-state index in [1.54, 1.807) is 10.9 Å². The molecule has 2 heterocycles. The summed E-state index contributed by atoms with van der Waals surface area (Å²) < 4.78 is 27.6. The largest absolute Gasteiger partial charge is 0.368 e. The van der Waals surface area contributed by atoms with E-state index in [-0.39, 0.29) is 5.75 Å². The van der Waals surface area contributed by atoms with E-state index >= 15 is 0 Å². The molecule has 6 nitrogen and oxygen atoms in total. The highest BCUT2D eigenvalue weighted by molar-refractivity contribution is 7.92. The Morgan fingerprint density at radius 2 is 2.44 bits per heavy atom. The first-order valence-electron chi connectivity index (χ1n) is 5.42. The van der Waals surface area contributed by atoms with E-state index < -0.39 is 10.0 Å². The third kappa shape index (κ3) is 2.29. The Morgan fingerprint density at radius 3 is 3.19 bits per heavy atom. The van der Waals surface area contributed by atoms with Crippen LogP contribution >= 0.6 is 0 Å². The Balaban J connectivity index is 2.19. The molecule has 16 heavy (non-hydrogen) atoms. The van der Waals surface area contributed by atoms with E-state index in [2.05, 4.69) is 15.1 Å². The lowest BCUT2D eigenvalue weighted by molar-refractivity contribution is 0.568. The van der Waals surface area contributed by atoms with Crippen molar-refractivity contribution in [2.75, 3.05) is 22.3 Å². The normalized spacial score (nSPS) is 15.3. The van der Waals surface area contributed by atoms with Crippen molar-refractivity contribution in [1.29, 1.82) is 0 Å². The molecule has 90 valence electrons. The van der Waals surface area contributed by atoms with Crippen molar-refractivity contribution in [3.63, 3.8) is 0 Å². The van der Waals surface area contributed by atoms with Gasteiger partial charge < -0.3 is 5.32 Å². The quantitative estimate of drug-likeness (QED) is 0.823. The van der Waals surface area contributed by atoms with Gasteiger partial charge in [0.2, 0.25) is 10.0 Å². The topological polar surface area (TPSA) is 76.0 Å². The predicted molar refractivity (Wildman–Crippen MR) is 63.0 cm³/mol. The highest BCUT2D eigenvalue weighted by atomic mass is 32.2. The maximum Gasteiger partial charge on any atom is 0.232 e. The van der Waals surface area contributed by atoms with Gasteiger partial charge in [0, 0.05) is 13.1 Å². The smallest absolute Gasteiger partial charge is 0.232 e. The molecule has 0 fully saturated rings. The minimum Gasteiger partial charge on any atom is -0.368 e. The van der Waals surface area contributed by atoms with Crippen LogP contribution in [0.25, 0.3) is 0 Å². The molecular weight excluding hydrogens is 228 g/mol. The van der Waals surface area contributed by atoms with E-state index in [9.17, 15) is 8.42 Å². The lowest BCUT2D eigenvalue weighted by Gasteiger charge is -2.17. The molecule has 7 heteroatoms. The number of aromatic nitrogens is 2. The van der Waals surface area contributed by atoms with E-state index in [0.717, 1.165) is 25.3 Å². The van der Waals surface area contributed by atoms with Gasteiger partial charge in [0.05, 0.1) is 11.9 Å². The Labute approximate surface area is 95.1 Å². The number of hydrogen-bond donors (Lipinski definition) is 2. The standard InChI is InChI=1S/C9H16N4O2S/c1-2-6-16(14,15)12-8-7-11-13-5-3-4-10-9(8)13/h7,10,12H,2-6H2,1H3. The van der Waals surface area contributed by atoms with Gasteiger partial charge in [-0.05, 0) is 12.8 Å². The molecule has 0 unspecified atom stereocenters. The maximum atomic E-state index is 11.6. The van der Waals surface area contributed by atoms with Gasteiger partial charge in [-0.1, -0.05) is 6.92 Å². The van der Waals surface area contributed by atoms with Crippen LogP contribution in [0.4, 0.5) is 11.5 Å². The third-order valence-electron chi connectivity index (χ3n) is 2.42. The summed E-state index contributed by atoms with van der Waals surface area (Å²) in [7, 11) is -3.23. The van der Waals surface area contributed by atoms with Crippen molar-refractivity contribution in [2.24, 2.45) is 0 Å². The number of aryl methyl sites for hydroxylation is 1. The Hall–Kier alpha value is -1.24. The monoisotopic (exact) mass is 244 g/mol. The predicted octanol–water partition coefficient (Wildman–Crippen LogP) is 0.850. The first-order valence-corrected chi connectivity index (χ1v) is 7.08. The zero-order chi connectivity index (χ0) is 11.6. The van der Waals surface area contributed by atoms with Gasteiger partial charge in [0.25, 0.3) is 0 Å². The molecule has 1 aliphatic heterocycles. The summed E-state index contributed by atoms with van der Waals surface area (Å²) in [5.41, 5.74) is 0.549. The van der Waals surface area contributed by atoms with E-state index in [1.807, 2.05) is 6.92 Å². The maximum absolute atomic E-state index is 11.6. The average molecular weight is 244 g/mol. The van der Waals surface area contributed by atoms with Gasteiger partial charge in [0.15, 0.2) is 0 Å². The van der Waals surface area contributed by atoms with E-state index in [1.165, 1.54) is 0 Å². The van der Waals surface area contributed by atoms with Crippen molar-refractivity contribution in [3.8, 4) is 0 Å². The Bertz CT molecular complexity index is 466. The summed E-state index contributed by atoms with van der Waals surface area (Å²) in [5.74, 6) is 0.906. The SMILES string of the molecule is CCCS(=O)(=O)Nc1cnn2c1NCCC2. The number of rotatable bonds is 4. The van der Waals surface area contributed by atoms with Crippen molar-refractivity contribution in [3.05, 3.63) is 6.20 Å². The van der Waals surface area contributed by atoms with Crippen molar-refractivity contribution < 1.29 is 8.42 Å². The van der Waals surface area contributed by atoms with Gasteiger partial charge in [-0.15, -0.1) is 0 Å². The van der Waals surface area contributed by atoms with Gasteiger partial charge in [0.1, 0.15) is 11.5 Å². The molecule has 0 atom stereocenters. The fraction of sp³-hybridized carbons (Fsp3) is 0.667. The third-order valence-corrected chi connectivity index (χ3v) is 3.89. The molecule has 0 aliphatic carbocycles. The molecule has 0 saturated heterocycles. The van der Waals surface area contributed by atoms with Gasteiger partial charge in [-0.2, -0.15) is 5.10 Å². The van der Waals surface area contributed by atoms with Gasteiger partial charge >= 0.3 is 0 Å². The summed E-state index contributed by atoms with van der Waals surface area (Å²) >= 11 is 0. The molecule has 2 rings (SSSR count). The van der Waals surface area contributed by atoms with Crippen LogP contribution in [-0.2, 0) is 16.6 Å². The Morgan fingerprint density at radius 1 is 1.62 bits per heavy atom. The molecule has 2 N–H and O–H groups in total. The second kappa shape index (κ2) is 4.32. The van der Waals surface area contributed by atoms with E-state index in [4.69, 9.17) is 0 Å². The molecule has 0 saturated carbocycles. The lowest BCUT2D eigenvalue weighted by Crippen LogP contribution is -2.20. The minimum atomic E-state index is -3.23. The van der Waals surface area contributed by atoms with Crippen LogP contribution in [0.15, 0.2) is 6.20 Å². The van der Waals surface area contributed by atoms with Gasteiger partial charge in [-0.3, -0.25) is 4.72 Å². The first kappa shape index (κ1) is 11.3. The summed E-state index contributed by atoms with van der Waals surface area (Å²) in [4.78, 5) is 0. The summed E-state index contributed by atoms with van der Waals surface area (Å²) in [6.45, 7) is 3.52. The number of anilines is 2.